The van der Waals surface area contributed by atoms with Crippen LogP contribution >= 0.6 is 11.8 Å². The van der Waals surface area contributed by atoms with Crippen molar-refractivity contribution in [2.45, 2.75) is 18.7 Å². The molecule has 0 aromatic heterocycles. The van der Waals surface area contributed by atoms with Crippen molar-refractivity contribution in [3.8, 4) is 0 Å². The summed E-state index contributed by atoms with van der Waals surface area (Å²) in [5.41, 5.74) is 2.68. The summed E-state index contributed by atoms with van der Waals surface area (Å²) in [7, 11) is 0. The minimum Gasteiger partial charge on any atom is -0.289 e. The van der Waals surface area contributed by atoms with Crippen molar-refractivity contribution in [2.75, 3.05) is 0 Å². The Balaban J connectivity index is 2.05. The fourth-order valence-corrected chi connectivity index (χ4v) is 3.47. The lowest BCUT2D eigenvalue weighted by atomic mass is 9.90. The summed E-state index contributed by atoms with van der Waals surface area (Å²) in [5.74, 6) is -0.116. The van der Waals surface area contributed by atoms with Crippen molar-refractivity contribution >= 4 is 23.3 Å². The first-order valence-electron chi connectivity index (χ1n) is 6.72. The monoisotopic (exact) mass is 294 g/mol. The van der Waals surface area contributed by atoms with Crippen LogP contribution in [0.1, 0.15) is 33.2 Å². The molecule has 2 aromatic rings. The Hall–Kier alpha value is -2.13. The lowest BCUT2D eigenvalue weighted by molar-refractivity contribution is 0.0981. The van der Waals surface area contributed by atoms with Crippen LogP contribution < -0.4 is 0 Å². The van der Waals surface area contributed by atoms with Crippen LogP contribution in [-0.4, -0.2) is 11.6 Å². The SMILES string of the molecule is CC1=C(Sc2cccc(C)c2)C(=O)c2ccccc2C1=O. The largest absolute Gasteiger partial charge is 0.289 e. The van der Waals surface area contributed by atoms with Crippen LogP contribution in [0, 0.1) is 6.92 Å². The van der Waals surface area contributed by atoms with Gasteiger partial charge in [0.05, 0.1) is 4.91 Å². The lowest BCUT2D eigenvalue weighted by Gasteiger charge is -2.18. The van der Waals surface area contributed by atoms with E-state index in [2.05, 4.69) is 0 Å². The van der Waals surface area contributed by atoms with Gasteiger partial charge in [0.25, 0.3) is 0 Å². The van der Waals surface area contributed by atoms with Crippen LogP contribution in [0.15, 0.2) is 63.9 Å². The number of hydrogen-bond acceptors (Lipinski definition) is 3. The molecule has 0 bridgehead atoms. The van der Waals surface area contributed by atoms with Gasteiger partial charge < -0.3 is 0 Å². The molecule has 104 valence electrons. The van der Waals surface area contributed by atoms with E-state index in [0.717, 1.165) is 10.5 Å². The molecule has 1 aliphatic rings. The Morgan fingerprint density at radius 2 is 1.48 bits per heavy atom. The first kappa shape index (κ1) is 13.8. The number of Topliss-reactive ketones (excluding diaryl/α,β-unsaturated/α-hetero) is 2. The summed E-state index contributed by atoms with van der Waals surface area (Å²) in [5, 5.41) is 0. The maximum absolute atomic E-state index is 12.6. The van der Waals surface area contributed by atoms with Crippen molar-refractivity contribution in [1.29, 1.82) is 0 Å². The first-order valence-corrected chi connectivity index (χ1v) is 7.53. The van der Waals surface area contributed by atoms with E-state index in [1.165, 1.54) is 11.8 Å². The summed E-state index contributed by atoms with van der Waals surface area (Å²) >= 11 is 1.37. The Morgan fingerprint density at radius 3 is 2.14 bits per heavy atom. The molecule has 1 aliphatic carbocycles. The van der Waals surface area contributed by atoms with Gasteiger partial charge in [0, 0.05) is 21.6 Å². The number of hydrogen-bond donors (Lipinski definition) is 0. The third-order valence-electron chi connectivity index (χ3n) is 3.51. The second kappa shape index (κ2) is 5.34. The van der Waals surface area contributed by atoms with Crippen LogP contribution in [-0.2, 0) is 0 Å². The maximum Gasteiger partial charge on any atom is 0.200 e. The maximum atomic E-state index is 12.6. The summed E-state index contributed by atoms with van der Waals surface area (Å²) < 4.78 is 0. The van der Waals surface area contributed by atoms with Gasteiger partial charge in [-0.15, -0.1) is 0 Å². The van der Waals surface area contributed by atoms with Crippen molar-refractivity contribution in [3.05, 3.63) is 75.7 Å². The van der Waals surface area contributed by atoms with Gasteiger partial charge in [-0.3, -0.25) is 9.59 Å². The highest BCUT2D eigenvalue weighted by atomic mass is 32.2. The van der Waals surface area contributed by atoms with Crippen molar-refractivity contribution in [1.82, 2.24) is 0 Å². The summed E-state index contributed by atoms with van der Waals surface area (Å²) in [4.78, 5) is 26.5. The summed E-state index contributed by atoms with van der Waals surface area (Å²) in [6.07, 6.45) is 0. The molecule has 3 rings (SSSR count). The van der Waals surface area contributed by atoms with Gasteiger partial charge in [0.1, 0.15) is 0 Å². The average Bonchev–Trinajstić information content (AvgIpc) is 2.49. The number of rotatable bonds is 2. The zero-order valence-electron chi connectivity index (χ0n) is 11.8. The topological polar surface area (TPSA) is 34.1 Å². The van der Waals surface area contributed by atoms with E-state index in [1.807, 2.05) is 31.2 Å². The Morgan fingerprint density at radius 1 is 0.810 bits per heavy atom. The van der Waals surface area contributed by atoms with Gasteiger partial charge in [-0.25, -0.2) is 0 Å². The fraction of sp³-hybridized carbons (Fsp3) is 0.111. The van der Waals surface area contributed by atoms with Gasteiger partial charge in [0.2, 0.25) is 5.78 Å². The Bertz CT molecular complexity index is 787. The standard InChI is InChI=1S/C18H14O2S/c1-11-6-5-7-13(10-11)21-18-12(2)16(19)14-8-3-4-9-15(14)17(18)20/h3-10H,1-2H3. The van der Waals surface area contributed by atoms with E-state index in [-0.39, 0.29) is 11.6 Å². The van der Waals surface area contributed by atoms with E-state index >= 15 is 0 Å². The third-order valence-corrected chi connectivity index (χ3v) is 4.70. The molecule has 0 saturated heterocycles. The summed E-state index contributed by atoms with van der Waals surface area (Å²) in [6, 6.07) is 15.0. The number of aryl methyl sites for hydroxylation is 1. The minimum atomic E-state index is -0.0609. The molecular weight excluding hydrogens is 280 g/mol. The van der Waals surface area contributed by atoms with E-state index in [4.69, 9.17) is 0 Å². The number of fused-ring (bicyclic) bond motifs is 1. The normalized spacial score (nSPS) is 14.4. The molecule has 2 aromatic carbocycles. The third kappa shape index (κ3) is 2.45. The minimum absolute atomic E-state index is 0.0552. The van der Waals surface area contributed by atoms with Gasteiger partial charge in [-0.1, -0.05) is 53.7 Å². The van der Waals surface area contributed by atoms with Crippen molar-refractivity contribution < 1.29 is 9.59 Å². The molecule has 0 heterocycles. The average molecular weight is 294 g/mol. The highest BCUT2D eigenvalue weighted by Gasteiger charge is 2.30. The number of carbonyl (C=O) groups excluding carboxylic acids is 2. The molecule has 0 amide bonds. The molecule has 0 N–H and O–H groups in total. The molecule has 0 saturated carbocycles. The van der Waals surface area contributed by atoms with Gasteiger partial charge in [-0.05, 0) is 26.0 Å². The highest BCUT2D eigenvalue weighted by Crippen LogP contribution is 2.36. The molecule has 0 fully saturated rings. The number of thioether (sulfide) groups is 1. The van der Waals surface area contributed by atoms with Crippen LogP contribution in [0.4, 0.5) is 0 Å². The molecule has 3 heteroatoms. The molecular formula is C18H14O2S. The Labute approximate surface area is 127 Å². The van der Waals surface area contributed by atoms with Crippen LogP contribution in [0.25, 0.3) is 0 Å². The number of benzene rings is 2. The quantitative estimate of drug-likeness (QED) is 0.821. The zero-order chi connectivity index (χ0) is 15.0. The number of allylic oxidation sites excluding steroid dienone is 2. The van der Waals surface area contributed by atoms with Crippen LogP contribution in [0.5, 0.6) is 0 Å². The number of carbonyl (C=O) groups is 2. The van der Waals surface area contributed by atoms with Crippen LogP contribution in [0.2, 0.25) is 0 Å². The van der Waals surface area contributed by atoms with E-state index < -0.39 is 0 Å². The van der Waals surface area contributed by atoms with E-state index in [1.54, 1.807) is 31.2 Å². The molecule has 0 radical (unpaired) electrons. The molecule has 0 unspecified atom stereocenters. The predicted octanol–water partition coefficient (Wildman–Crippen LogP) is 4.44. The fourth-order valence-electron chi connectivity index (χ4n) is 2.40. The summed E-state index contributed by atoms with van der Waals surface area (Å²) in [6.45, 7) is 3.74. The second-order valence-corrected chi connectivity index (χ2v) is 6.16. The lowest BCUT2D eigenvalue weighted by Crippen LogP contribution is -2.19. The van der Waals surface area contributed by atoms with Crippen molar-refractivity contribution in [2.24, 2.45) is 0 Å². The first-order chi connectivity index (χ1) is 10.1. The number of ketones is 2. The molecule has 0 atom stereocenters. The highest BCUT2D eigenvalue weighted by molar-refractivity contribution is 8.04. The Kier molecular flexibility index (Phi) is 3.52. The molecule has 0 aliphatic heterocycles. The van der Waals surface area contributed by atoms with Gasteiger partial charge in [-0.2, -0.15) is 0 Å². The smallest absolute Gasteiger partial charge is 0.200 e. The van der Waals surface area contributed by atoms with Crippen molar-refractivity contribution in [3.63, 3.8) is 0 Å². The van der Waals surface area contributed by atoms with Crippen LogP contribution in [0.3, 0.4) is 0 Å². The molecule has 2 nitrogen and oxygen atoms in total. The van der Waals surface area contributed by atoms with E-state index in [9.17, 15) is 9.59 Å². The molecule has 21 heavy (non-hydrogen) atoms. The predicted molar refractivity (Wildman–Crippen MR) is 84.8 cm³/mol. The van der Waals surface area contributed by atoms with E-state index in [0.29, 0.717) is 21.6 Å². The zero-order valence-corrected chi connectivity index (χ0v) is 12.7. The second-order valence-electron chi connectivity index (χ2n) is 5.08. The van der Waals surface area contributed by atoms with Gasteiger partial charge >= 0.3 is 0 Å². The molecule has 0 spiro atoms. The van der Waals surface area contributed by atoms with Gasteiger partial charge in [0.15, 0.2) is 5.78 Å².